The zero-order valence-corrected chi connectivity index (χ0v) is 16.5. The molecule has 5 nitrogen and oxygen atoms in total. The molecule has 0 bridgehead atoms. The molecule has 3 aliphatic rings. The summed E-state index contributed by atoms with van der Waals surface area (Å²) in [6.07, 6.45) is 2.33. The van der Waals surface area contributed by atoms with Crippen LogP contribution < -0.4 is 0 Å². The maximum absolute atomic E-state index is 13.2. The van der Waals surface area contributed by atoms with E-state index in [2.05, 4.69) is 12.1 Å². The number of nitrogens with zero attached hydrogens (tertiary/aromatic N) is 1. The summed E-state index contributed by atoms with van der Waals surface area (Å²) in [5, 5.41) is 10.5. The van der Waals surface area contributed by atoms with E-state index in [9.17, 15) is 9.90 Å². The predicted octanol–water partition coefficient (Wildman–Crippen LogP) is 3.60. The zero-order chi connectivity index (χ0) is 19.8. The van der Waals surface area contributed by atoms with Gasteiger partial charge in [-0.2, -0.15) is 0 Å². The molecule has 152 valence electrons. The van der Waals surface area contributed by atoms with Crippen molar-refractivity contribution < 1.29 is 19.4 Å². The highest BCUT2D eigenvalue weighted by Crippen LogP contribution is 2.43. The summed E-state index contributed by atoms with van der Waals surface area (Å²) in [6, 6.07) is 16.0. The number of carbonyl (C=O) groups is 1. The van der Waals surface area contributed by atoms with Gasteiger partial charge >= 0.3 is 0 Å². The number of aliphatic hydroxyl groups excluding tert-OH is 1. The summed E-state index contributed by atoms with van der Waals surface area (Å²) >= 11 is 0. The van der Waals surface area contributed by atoms with Gasteiger partial charge < -0.3 is 19.5 Å². The summed E-state index contributed by atoms with van der Waals surface area (Å²) in [6.45, 7) is 2.41. The van der Waals surface area contributed by atoms with Gasteiger partial charge in [0.2, 0.25) is 0 Å². The average molecular weight is 393 g/mol. The highest BCUT2D eigenvalue weighted by Gasteiger charge is 2.44. The predicted molar refractivity (Wildman–Crippen MR) is 108 cm³/mol. The normalized spacial score (nSPS) is 25.8. The molecule has 3 aliphatic heterocycles. The minimum atomic E-state index is -0.370. The van der Waals surface area contributed by atoms with Crippen LogP contribution in [0, 0.1) is 0 Å². The van der Waals surface area contributed by atoms with Gasteiger partial charge in [0.05, 0.1) is 31.0 Å². The number of ether oxygens (including phenoxy) is 2. The number of benzene rings is 2. The molecule has 1 amide bonds. The van der Waals surface area contributed by atoms with Crippen molar-refractivity contribution >= 4 is 5.91 Å². The molecule has 0 unspecified atom stereocenters. The molecule has 1 spiro atoms. The molecule has 0 aromatic heterocycles. The smallest absolute Gasteiger partial charge is 0.254 e. The monoisotopic (exact) mass is 393 g/mol. The van der Waals surface area contributed by atoms with Crippen molar-refractivity contribution in [2.24, 2.45) is 0 Å². The van der Waals surface area contributed by atoms with E-state index in [-0.39, 0.29) is 23.7 Å². The van der Waals surface area contributed by atoms with E-state index in [1.807, 2.05) is 41.3 Å². The first-order chi connectivity index (χ1) is 14.1. The minimum absolute atomic E-state index is 0.0816. The molecule has 0 aliphatic carbocycles. The van der Waals surface area contributed by atoms with E-state index in [4.69, 9.17) is 9.47 Å². The Morgan fingerprint density at radius 1 is 1.03 bits per heavy atom. The number of likely N-dealkylation sites (tertiary alicyclic amines) is 1. The Hall–Kier alpha value is -2.21. The van der Waals surface area contributed by atoms with Gasteiger partial charge in [0, 0.05) is 31.5 Å². The van der Waals surface area contributed by atoms with Gasteiger partial charge in [-0.25, -0.2) is 0 Å². The second kappa shape index (κ2) is 7.56. The Bertz CT molecular complexity index is 889. The Kier molecular flexibility index (Phi) is 4.90. The number of aliphatic hydroxyl groups is 1. The van der Waals surface area contributed by atoms with Crippen molar-refractivity contribution in [2.75, 3.05) is 13.1 Å². The van der Waals surface area contributed by atoms with Gasteiger partial charge in [0.15, 0.2) is 0 Å². The standard InChI is InChI=1S/C24H27NO4/c26-19-13-22(17-5-2-1-3-6-17)29-24(14-19)9-11-25(12-10-24)23(27)20-8-4-7-18-15-28-16-21(18)20/h1-8,19,22,26H,9-16H2/t19-,22-/m1/s1. The SMILES string of the molecule is O=C(c1cccc2c1COC2)N1CCC2(CC1)C[C@H](O)C[C@H](c1ccccc1)O2. The van der Waals surface area contributed by atoms with Crippen molar-refractivity contribution in [1.82, 2.24) is 4.90 Å². The lowest BCUT2D eigenvalue weighted by Gasteiger charge is -2.48. The number of amides is 1. The van der Waals surface area contributed by atoms with E-state index in [1.54, 1.807) is 0 Å². The number of hydrogen-bond donors (Lipinski definition) is 1. The second-order valence-electron chi connectivity index (χ2n) is 8.52. The Morgan fingerprint density at radius 3 is 2.62 bits per heavy atom. The van der Waals surface area contributed by atoms with E-state index in [0.717, 1.165) is 35.1 Å². The van der Waals surface area contributed by atoms with Crippen LogP contribution in [0.1, 0.15) is 58.8 Å². The van der Waals surface area contributed by atoms with Crippen molar-refractivity contribution in [3.8, 4) is 0 Å². The molecular formula is C24H27NO4. The molecule has 2 aromatic rings. The molecule has 1 N–H and O–H groups in total. The maximum Gasteiger partial charge on any atom is 0.254 e. The van der Waals surface area contributed by atoms with Crippen molar-refractivity contribution in [2.45, 2.75) is 56.7 Å². The van der Waals surface area contributed by atoms with Crippen LogP contribution in [0.5, 0.6) is 0 Å². The highest BCUT2D eigenvalue weighted by molar-refractivity contribution is 5.96. The Labute approximate surface area is 171 Å². The van der Waals surface area contributed by atoms with Crippen LogP contribution in [0.15, 0.2) is 48.5 Å². The number of fused-ring (bicyclic) bond motifs is 1. The number of hydrogen-bond acceptors (Lipinski definition) is 4. The third kappa shape index (κ3) is 3.59. The largest absolute Gasteiger partial charge is 0.393 e. The minimum Gasteiger partial charge on any atom is -0.393 e. The van der Waals surface area contributed by atoms with Crippen LogP contribution in [0.4, 0.5) is 0 Å². The van der Waals surface area contributed by atoms with Crippen LogP contribution in [0.3, 0.4) is 0 Å². The first kappa shape index (κ1) is 18.8. The highest BCUT2D eigenvalue weighted by atomic mass is 16.5. The van der Waals surface area contributed by atoms with Gasteiger partial charge in [-0.3, -0.25) is 4.79 Å². The molecule has 2 aromatic carbocycles. The molecular weight excluding hydrogens is 366 g/mol. The van der Waals surface area contributed by atoms with Crippen molar-refractivity contribution in [3.63, 3.8) is 0 Å². The number of piperidine rings is 1. The van der Waals surface area contributed by atoms with Crippen LogP contribution in [-0.4, -0.2) is 40.7 Å². The summed E-state index contributed by atoms with van der Waals surface area (Å²) in [5.41, 5.74) is 3.68. The molecule has 0 saturated carbocycles. The zero-order valence-electron chi connectivity index (χ0n) is 16.5. The van der Waals surface area contributed by atoms with Gasteiger partial charge in [0.25, 0.3) is 5.91 Å². The molecule has 29 heavy (non-hydrogen) atoms. The van der Waals surface area contributed by atoms with Crippen LogP contribution in [0.25, 0.3) is 0 Å². The van der Waals surface area contributed by atoms with Crippen LogP contribution in [0.2, 0.25) is 0 Å². The number of carbonyl (C=O) groups excluding carboxylic acids is 1. The molecule has 5 heteroatoms. The molecule has 0 radical (unpaired) electrons. The summed E-state index contributed by atoms with van der Waals surface area (Å²) in [7, 11) is 0. The lowest BCUT2D eigenvalue weighted by atomic mass is 9.80. The fraction of sp³-hybridized carbons (Fsp3) is 0.458. The third-order valence-corrected chi connectivity index (χ3v) is 6.63. The average Bonchev–Trinajstić information content (AvgIpc) is 3.23. The second-order valence-corrected chi connectivity index (χ2v) is 8.52. The van der Waals surface area contributed by atoms with Gasteiger partial charge in [-0.15, -0.1) is 0 Å². The third-order valence-electron chi connectivity index (χ3n) is 6.63. The molecule has 2 fully saturated rings. The molecule has 3 heterocycles. The quantitative estimate of drug-likeness (QED) is 0.847. The van der Waals surface area contributed by atoms with E-state index < -0.39 is 0 Å². The maximum atomic E-state index is 13.2. The van der Waals surface area contributed by atoms with Gasteiger partial charge in [0.1, 0.15) is 0 Å². The lowest BCUT2D eigenvalue weighted by molar-refractivity contribution is -0.181. The van der Waals surface area contributed by atoms with Crippen molar-refractivity contribution in [1.29, 1.82) is 0 Å². The fourth-order valence-corrected chi connectivity index (χ4v) is 5.04. The molecule has 2 saturated heterocycles. The number of rotatable bonds is 2. The van der Waals surface area contributed by atoms with E-state index in [0.29, 0.717) is 39.1 Å². The Morgan fingerprint density at radius 2 is 1.83 bits per heavy atom. The Balaban J connectivity index is 1.29. The summed E-state index contributed by atoms with van der Waals surface area (Å²) < 4.78 is 12.1. The molecule has 5 rings (SSSR count). The lowest BCUT2D eigenvalue weighted by Crippen LogP contribution is -2.52. The van der Waals surface area contributed by atoms with Gasteiger partial charge in [-0.1, -0.05) is 42.5 Å². The van der Waals surface area contributed by atoms with Crippen LogP contribution >= 0.6 is 0 Å². The summed E-state index contributed by atoms with van der Waals surface area (Å²) in [5.74, 6) is 0.0816. The first-order valence-electron chi connectivity index (χ1n) is 10.5. The van der Waals surface area contributed by atoms with E-state index >= 15 is 0 Å². The fourth-order valence-electron chi connectivity index (χ4n) is 5.04. The van der Waals surface area contributed by atoms with Crippen LogP contribution in [-0.2, 0) is 22.7 Å². The topological polar surface area (TPSA) is 59.0 Å². The first-order valence-corrected chi connectivity index (χ1v) is 10.5. The van der Waals surface area contributed by atoms with Gasteiger partial charge in [-0.05, 0) is 35.6 Å². The van der Waals surface area contributed by atoms with Crippen molar-refractivity contribution in [3.05, 3.63) is 70.8 Å². The summed E-state index contributed by atoms with van der Waals surface area (Å²) in [4.78, 5) is 15.1. The van der Waals surface area contributed by atoms with E-state index in [1.165, 1.54) is 0 Å². The molecule has 2 atom stereocenters.